The van der Waals surface area contributed by atoms with Crippen LogP contribution in [0.3, 0.4) is 0 Å². The van der Waals surface area contributed by atoms with Crippen molar-refractivity contribution >= 4 is 65.4 Å². The van der Waals surface area contributed by atoms with E-state index in [2.05, 4.69) is 152 Å². The topological polar surface area (TPSA) is 65.0 Å². The average Bonchev–Trinajstić information content (AvgIpc) is 3.88. The molecule has 3 heterocycles. The number of hydrogen-bond acceptors (Lipinski definition) is 5. The maximum absolute atomic E-state index is 6.84. The first-order valence-electron chi connectivity index (χ1n) is 19.4. The van der Waals surface area contributed by atoms with Gasteiger partial charge in [-0.05, 0) is 51.0 Å². The lowest BCUT2D eigenvalue weighted by Crippen LogP contribution is -2.02. The molecule has 9 aromatic carbocycles. The number of para-hydroxylation sites is 1. The van der Waals surface area contributed by atoms with Crippen LogP contribution in [-0.2, 0) is 0 Å². The number of nitrogens with zero attached hydrogens (tertiary/aromatic N) is 3. The van der Waals surface area contributed by atoms with E-state index in [4.69, 9.17) is 23.8 Å². The predicted octanol–water partition coefficient (Wildman–Crippen LogP) is 14.3. The fraction of sp³-hybridized carbons (Fsp3) is 0. The molecule has 0 unspecified atom stereocenters. The summed E-state index contributed by atoms with van der Waals surface area (Å²) in [5, 5.41) is 8.56. The number of fused-ring (bicyclic) bond motifs is 9. The number of aromatic nitrogens is 3. The summed E-state index contributed by atoms with van der Waals surface area (Å²) >= 11 is 0. The Morgan fingerprint density at radius 2 is 0.776 bits per heavy atom. The summed E-state index contributed by atoms with van der Waals surface area (Å²) in [6, 6.07) is 64.9. The molecule has 0 atom stereocenters. The predicted molar refractivity (Wildman–Crippen MR) is 237 cm³/mol. The highest BCUT2D eigenvalue weighted by Crippen LogP contribution is 2.44. The Balaban J connectivity index is 1.14. The van der Waals surface area contributed by atoms with Gasteiger partial charge in [0.1, 0.15) is 22.3 Å². The lowest BCUT2D eigenvalue weighted by molar-refractivity contribution is 0.669. The molecule has 0 bridgehead atoms. The van der Waals surface area contributed by atoms with Gasteiger partial charge in [0.2, 0.25) is 0 Å². The number of rotatable bonds is 5. The van der Waals surface area contributed by atoms with Crippen LogP contribution in [-0.4, -0.2) is 15.0 Å². The van der Waals surface area contributed by atoms with E-state index in [0.717, 1.165) is 104 Å². The summed E-state index contributed by atoms with van der Waals surface area (Å²) in [6.45, 7) is 0. The summed E-state index contributed by atoms with van der Waals surface area (Å²) in [6.07, 6.45) is 0. The molecule has 270 valence electrons. The van der Waals surface area contributed by atoms with E-state index >= 15 is 0 Å². The fourth-order valence-corrected chi connectivity index (χ4v) is 8.72. The molecule has 0 fully saturated rings. The molecule has 0 radical (unpaired) electrons. The Bertz CT molecular complexity index is 3580. The van der Waals surface area contributed by atoms with Crippen LogP contribution in [0.2, 0.25) is 0 Å². The second-order valence-electron chi connectivity index (χ2n) is 14.7. The SMILES string of the molecule is c1ccc(-c2cccc3oc4cccc(-c5nc(-c6ccccc6-c6cccc7c6oc6c8ccccc8ccc76)nc(-c6cccc7ccccc67)n5)c4c23)cc1. The Morgan fingerprint density at radius 1 is 0.276 bits per heavy atom. The molecule has 58 heavy (non-hydrogen) atoms. The van der Waals surface area contributed by atoms with Crippen molar-refractivity contribution in [1.29, 1.82) is 0 Å². The molecule has 12 aromatic rings. The maximum atomic E-state index is 6.84. The molecule has 12 rings (SSSR count). The van der Waals surface area contributed by atoms with Crippen molar-refractivity contribution in [2.75, 3.05) is 0 Å². The van der Waals surface area contributed by atoms with Crippen LogP contribution in [0, 0.1) is 0 Å². The second kappa shape index (κ2) is 12.8. The molecular formula is C53H31N3O2. The number of benzene rings is 9. The maximum Gasteiger partial charge on any atom is 0.164 e. The monoisotopic (exact) mass is 741 g/mol. The second-order valence-corrected chi connectivity index (χ2v) is 14.7. The highest BCUT2D eigenvalue weighted by atomic mass is 16.3. The van der Waals surface area contributed by atoms with E-state index in [1.807, 2.05) is 36.4 Å². The van der Waals surface area contributed by atoms with Crippen LogP contribution in [0.1, 0.15) is 0 Å². The fourth-order valence-electron chi connectivity index (χ4n) is 8.72. The highest BCUT2D eigenvalue weighted by Gasteiger charge is 2.23. The lowest BCUT2D eigenvalue weighted by Gasteiger charge is -2.13. The third-order valence-corrected chi connectivity index (χ3v) is 11.4. The molecule has 0 N–H and O–H groups in total. The lowest BCUT2D eigenvalue weighted by atomic mass is 9.96. The van der Waals surface area contributed by atoms with Crippen LogP contribution in [0.25, 0.3) is 122 Å². The van der Waals surface area contributed by atoms with Crippen molar-refractivity contribution in [3.05, 3.63) is 188 Å². The first-order chi connectivity index (χ1) is 28.8. The molecule has 0 amide bonds. The van der Waals surface area contributed by atoms with Crippen LogP contribution in [0.15, 0.2) is 197 Å². The third kappa shape index (κ3) is 5.00. The van der Waals surface area contributed by atoms with E-state index in [9.17, 15) is 0 Å². The number of hydrogen-bond donors (Lipinski definition) is 0. The van der Waals surface area contributed by atoms with Crippen molar-refractivity contribution in [1.82, 2.24) is 15.0 Å². The normalized spacial score (nSPS) is 11.8. The zero-order valence-corrected chi connectivity index (χ0v) is 31.1. The van der Waals surface area contributed by atoms with E-state index in [1.54, 1.807) is 0 Å². The first kappa shape index (κ1) is 32.4. The quantitative estimate of drug-likeness (QED) is 0.176. The molecule has 0 aliphatic heterocycles. The van der Waals surface area contributed by atoms with E-state index < -0.39 is 0 Å². The zero-order chi connectivity index (χ0) is 38.2. The molecule has 0 aliphatic carbocycles. The van der Waals surface area contributed by atoms with Gasteiger partial charge in [-0.15, -0.1) is 0 Å². The van der Waals surface area contributed by atoms with Gasteiger partial charge in [-0.25, -0.2) is 15.0 Å². The van der Waals surface area contributed by atoms with Gasteiger partial charge >= 0.3 is 0 Å². The van der Waals surface area contributed by atoms with E-state index in [0.29, 0.717) is 17.5 Å². The average molecular weight is 742 g/mol. The zero-order valence-electron chi connectivity index (χ0n) is 31.1. The summed E-state index contributed by atoms with van der Waals surface area (Å²) in [4.78, 5) is 16.0. The minimum atomic E-state index is 0.562. The minimum Gasteiger partial charge on any atom is -0.456 e. The van der Waals surface area contributed by atoms with Gasteiger partial charge in [0.25, 0.3) is 0 Å². The first-order valence-corrected chi connectivity index (χ1v) is 19.4. The van der Waals surface area contributed by atoms with E-state index in [1.165, 1.54) is 0 Å². The molecule has 0 spiro atoms. The van der Waals surface area contributed by atoms with Gasteiger partial charge in [0.15, 0.2) is 17.5 Å². The van der Waals surface area contributed by atoms with Gasteiger partial charge in [-0.3, -0.25) is 0 Å². The van der Waals surface area contributed by atoms with Gasteiger partial charge < -0.3 is 8.83 Å². The summed E-state index contributed by atoms with van der Waals surface area (Å²) in [5.41, 5.74) is 10.1. The van der Waals surface area contributed by atoms with Crippen LogP contribution >= 0.6 is 0 Å². The highest BCUT2D eigenvalue weighted by molar-refractivity contribution is 6.19. The Kier molecular flexibility index (Phi) is 7.16. The summed E-state index contributed by atoms with van der Waals surface area (Å²) in [5.74, 6) is 1.72. The van der Waals surface area contributed by atoms with E-state index in [-0.39, 0.29) is 0 Å². The van der Waals surface area contributed by atoms with Gasteiger partial charge in [-0.2, -0.15) is 0 Å². The summed E-state index contributed by atoms with van der Waals surface area (Å²) < 4.78 is 13.4. The van der Waals surface area contributed by atoms with Crippen LogP contribution in [0.5, 0.6) is 0 Å². The van der Waals surface area contributed by atoms with Crippen molar-refractivity contribution in [3.63, 3.8) is 0 Å². The Hall–Kier alpha value is -7.89. The Labute approximate surface area is 332 Å². The number of furan rings is 2. The van der Waals surface area contributed by atoms with Crippen molar-refractivity contribution in [2.24, 2.45) is 0 Å². The molecule has 5 nitrogen and oxygen atoms in total. The van der Waals surface area contributed by atoms with Crippen LogP contribution < -0.4 is 0 Å². The van der Waals surface area contributed by atoms with Crippen molar-refractivity contribution < 1.29 is 8.83 Å². The molecule has 3 aromatic heterocycles. The van der Waals surface area contributed by atoms with Gasteiger partial charge in [0, 0.05) is 49.2 Å². The molecule has 5 heteroatoms. The van der Waals surface area contributed by atoms with Gasteiger partial charge in [0.05, 0.1) is 0 Å². The minimum absolute atomic E-state index is 0.562. The van der Waals surface area contributed by atoms with Crippen LogP contribution in [0.4, 0.5) is 0 Å². The molecule has 0 aliphatic rings. The van der Waals surface area contributed by atoms with Crippen molar-refractivity contribution in [2.45, 2.75) is 0 Å². The third-order valence-electron chi connectivity index (χ3n) is 11.4. The molecule has 0 saturated carbocycles. The standard InChI is InChI=1S/C53H31N3O2/c1-2-14-33(15-3-1)36-23-12-28-45-47(36)48-44(27-13-29-46(48)57-45)53-55-51(42-26-10-18-32-16-4-6-19-35(32)42)54-52(56-53)43-22-9-8-21-38(43)39-24-11-25-40-41-31-30-34-17-5-7-20-37(34)49(41)58-50(39)40/h1-31H. The van der Waals surface area contributed by atoms with Gasteiger partial charge in [-0.1, -0.05) is 170 Å². The smallest absolute Gasteiger partial charge is 0.164 e. The molecule has 0 saturated heterocycles. The Morgan fingerprint density at radius 3 is 1.59 bits per heavy atom. The van der Waals surface area contributed by atoms with Crippen molar-refractivity contribution in [3.8, 4) is 56.4 Å². The molecular weight excluding hydrogens is 711 g/mol. The summed E-state index contributed by atoms with van der Waals surface area (Å²) in [7, 11) is 0. The largest absolute Gasteiger partial charge is 0.456 e.